The monoisotopic (exact) mass is 925 g/mol. The van der Waals surface area contributed by atoms with Gasteiger partial charge in [-0.1, -0.05) is 196 Å². The highest BCUT2D eigenvalue weighted by Gasteiger charge is 2.30. The molecule has 0 aliphatic carbocycles. The average molecular weight is 926 g/mol. The predicted octanol–water partition coefficient (Wildman–Crippen LogP) is 18.0. The lowest BCUT2D eigenvalue weighted by Crippen LogP contribution is -2.17. The molecule has 8 aromatic carbocycles. The summed E-state index contributed by atoms with van der Waals surface area (Å²) in [5, 5.41) is 12.8. The summed E-state index contributed by atoms with van der Waals surface area (Å²) >= 11 is 0. The normalized spacial score (nSPS) is 12.1. The van der Waals surface area contributed by atoms with E-state index in [0.717, 1.165) is 94.7 Å². The van der Waals surface area contributed by atoms with E-state index in [4.69, 9.17) is 9.97 Å². The Morgan fingerprint density at radius 2 is 0.986 bits per heavy atom. The highest BCUT2D eigenvalue weighted by Crippen LogP contribution is 2.47. The second-order valence-electron chi connectivity index (χ2n) is 22.2. The topological polar surface area (TPSA) is 50.9 Å². The van der Waals surface area contributed by atoms with E-state index in [0.29, 0.717) is 11.4 Å². The SMILES string of the molecule is Cc1cc(-n2c(-c3cc(C(C)(C)C)cc(C(C)(C)C)c3O)nc3c(-c4cc(-c5ccccc5)cc(-c5cc(-c6ccccc6)ccn5)c4)cccc32)c(-c2ccc(C(C)(C)C)cc2)cc1-c1ccccc1. The number of aromatic nitrogens is 3. The summed E-state index contributed by atoms with van der Waals surface area (Å²) in [5.74, 6) is 0.924. The van der Waals surface area contributed by atoms with Crippen molar-refractivity contribution in [2.24, 2.45) is 0 Å². The highest BCUT2D eigenvalue weighted by molar-refractivity contribution is 5.99. The molecule has 0 saturated heterocycles. The third-order valence-electron chi connectivity index (χ3n) is 14.0. The number of nitrogens with zero attached hydrogens (tertiary/aromatic N) is 3. The van der Waals surface area contributed by atoms with E-state index in [1.807, 2.05) is 12.3 Å². The zero-order valence-corrected chi connectivity index (χ0v) is 42.8. The number of phenolic OH excluding ortho intramolecular Hbond substituents is 1. The number of pyridine rings is 1. The van der Waals surface area contributed by atoms with Gasteiger partial charge >= 0.3 is 0 Å². The lowest BCUT2D eigenvalue weighted by atomic mass is 9.79. The molecule has 0 atom stereocenters. The Balaban J connectivity index is 1.30. The maximum Gasteiger partial charge on any atom is 0.149 e. The van der Waals surface area contributed by atoms with Crippen molar-refractivity contribution in [1.29, 1.82) is 0 Å². The number of hydrogen-bond acceptors (Lipinski definition) is 3. The molecule has 0 aliphatic heterocycles. The fraction of sp³-hybridized carbons (Fsp3) is 0.194. The first-order valence-electron chi connectivity index (χ1n) is 24.9. The maximum absolute atomic E-state index is 12.8. The second kappa shape index (κ2) is 18.2. The molecule has 0 spiro atoms. The number of fused-ring (bicyclic) bond motifs is 1. The Labute approximate surface area is 420 Å². The number of hydrogen-bond donors (Lipinski definition) is 1. The number of aryl methyl sites for hydroxylation is 1. The Hall–Kier alpha value is -7.82. The van der Waals surface area contributed by atoms with Crippen molar-refractivity contribution in [2.45, 2.75) is 85.5 Å². The minimum atomic E-state index is -0.351. The minimum absolute atomic E-state index is 0.00719. The van der Waals surface area contributed by atoms with Crippen LogP contribution in [-0.4, -0.2) is 19.6 Å². The summed E-state index contributed by atoms with van der Waals surface area (Å²) in [6.07, 6.45) is 1.91. The standard InChI is InChI=1S/C67H63N3O/c1-43-35-61(56(42-55(43)46-25-18-13-19-26-46)47-29-31-52(32-30-47)65(2,3)4)70-60-28-20-27-54(62(60)69-64(70)57-40-53(66(5,6)7)41-58(63(57)71)67(8,9)10)50-36-49(45-23-16-12-17-24-45)37-51(38-50)59-39-48(33-34-68-59)44-21-14-11-15-22-44/h11-42,71H,1-10H3. The number of imidazole rings is 1. The smallest absolute Gasteiger partial charge is 0.149 e. The van der Waals surface area contributed by atoms with E-state index in [9.17, 15) is 5.11 Å². The van der Waals surface area contributed by atoms with E-state index in [2.05, 4.69) is 256 Å². The Bertz CT molecular complexity index is 3570. The van der Waals surface area contributed by atoms with Gasteiger partial charge in [-0.2, -0.15) is 0 Å². The van der Waals surface area contributed by atoms with Crippen LogP contribution in [0.5, 0.6) is 5.75 Å². The van der Waals surface area contributed by atoms with Crippen LogP contribution >= 0.6 is 0 Å². The van der Waals surface area contributed by atoms with Gasteiger partial charge in [-0.05, 0) is 139 Å². The van der Waals surface area contributed by atoms with Gasteiger partial charge < -0.3 is 5.11 Å². The summed E-state index contributed by atoms with van der Waals surface area (Å²) in [7, 11) is 0. The van der Waals surface area contributed by atoms with E-state index < -0.39 is 0 Å². The summed E-state index contributed by atoms with van der Waals surface area (Å²) in [6, 6.07) is 67.4. The molecule has 0 fully saturated rings. The largest absolute Gasteiger partial charge is 0.507 e. The molecule has 0 unspecified atom stereocenters. The fourth-order valence-electron chi connectivity index (χ4n) is 9.88. The number of phenols is 1. The second-order valence-corrected chi connectivity index (χ2v) is 22.2. The molecule has 0 saturated carbocycles. The van der Waals surface area contributed by atoms with Gasteiger partial charge in [0.1, 0.15) is 11.6 Å². The van der Waals surface area contributed by atoms with Crippen molar-refractivity contribution >= 4 is 11.0 Å². The van der Waals surface area contributed by atoms with Crippen LogP contribution in [0, 0.1) is 6.92 Å². The number of para-hydroxylation sites is 1. The molecule has 1 N–H and O–H groups in total. The van der Waals surface area contributed by atoms with Gasteiger partial charge in [0.05, 0.1) is 28.0 Å². The Kier molecular flexibility index (Phi) is 12.0. The van der Waals surface area contributed by atoms with E-state index in [1.165, 1.54) is 11.1 Å². The molecule has 71 heavy (non-hydrogen) atoms. The maximum atomic E-state index is 12.8. The van der Waals surface area contributed by atoms with Gasteiger partial charge in [0.2, 0.25) is 0 Å². The van der Waals surface area contributed by atoms with Crippen molar-refractivity contribution in [2.75, 3.05) is 0 Å². The van der Waals surface area contributed by atoms with Crippen LogP contribution in [0.25, 0.3) is 95.0 Å². The molecule has 10 aromatic rings. The number of aromatic hydroxyl groups is 1. The third-order valence-corrected chi connectivity index (χ3v) is 14.0. The first-order chi connectivity index (χ1) is 33.9. The molecule has 2 aromatic heterocycles. The predicted molar refractivity (Wildman–Crippen MR) is 299 cm³/mol. The summed E-state index contributed by atoms with van der Waals surface area (Å²) < 4.78 is 2.31. The van der Waals surface area contributed by atoms with Crippen LogP contribution in [0.3, 0.4) is 0 Å². The summed E-state index contributed by atoms with van der Waals surface area (Å²) in [4.78, 5) is 10.8. The fourth-order valence-corrected chi connectivity index (χ4v) is 9.88. The molecule has 0 aliphatic rings. The Morgan fingerprint density at radius 3 is 1.61 bits per heavy atom. The average Bonchev–Trinajstić information content (AvgIpc) is 3.75. The summed E-state index contributed by atoms with van der Waals surface area (Å²) in [5.41, 5.74) is 20.2. The zero-order chi connectivity index (χ0) is 49.8. The first kappa shape index (κ1) is 46.9. The molecular formula is C67H63N3O. The first-order valence-corrected chi connectivity index (χ1v) is 24.9. The van der Waals surface area contributed by atoms with E-state index >= 15 is 0 Å². The van der Waals surface area contributed by atoms with Gasteiger partial charge in [-0.3, -0.25) is 9.55 Å². The molecule has 10 rings (SSSR count). The Morgan fingerprint density at radius 1 is 0.408 bits per heavy atom. The van der Waals surface area contributed by atoms with Crippen molar-refractivity contribution in [1.82, 2.24) is 14.5 Å². The van der Waals surface area contributed by atoms with Gasteiger partial charge in [0.25, 0.3) is 0 Å². The van der Waals surface area contributed by atoms with Gasteiger partial charge in [0.15, 0.2) is 0 Å². The number of rotatable bonds is 8. The van der Waals surface area contributed by atoms with Gasteiger partial charge in [-0.25, -0.2) is 4.98 Å². The van der Waals surface area contributed by atoms with Crippen molar-refractivity contribution in [3.05, 3.63) is 217 Å². The minimum Gasteiger partial charge on any atom is -0.507 e. The lowest BCUT2D eigenvalue weighted by molar-refractivity contribution is 0.446. The zero-order valence-electron chi connectivity index (χ0n) is 42.8. The van der Waals surface area contributed by atoms with Crippen molar-refractivity contribution in [3.8, 4) is 89.7 Å². The van der Waals surface area contributed by atoms with Gasteiger partial charge in [-0.15, -0.1) is 0 Å². The van der Waals surface area contributed by atoms with E-state index in [1.54, 1.807) is 0 Å². The highest BCUT2D eigenvalue weighted by atomic mass is 16.3. The van der Waals surface area contributed by atoms with Crippen LogP contribution in [-0.2, 0) is 16.2 Å². The van der Waals surface area contributed by atoms with E-state index in [-0.39, 0.29) is 22.0 Å². The molecule has 4 heteroatoms. The quantitative estimate of drug-likeness (QED) is 0.165. The number of benzene rings is 8. The van der Waals surface area contributed by atoms with Crippen LogP contribution in [0.15, 0.2) is 194 Å². The van der Waals surface area contributed by atoms with Gasteiger partial charge in [0, 0.05) is 28.5 Å². The molecule has 4 nitrogen and oxygen atoms in total. The molecule has 0 radical (unpaired) electrons. The third kappa shape index (κ3) is 9.23. The van der Waals surface area contributed by atoms with Crippen LogP contribution in [0.1, 0.15) is 84.6 Å². The molecule has 352 valence electrons. The molecular weight excluding hydrogens is 863 g/mol. The molecule has 0 amide bonds. The molecule has 2 heterocycles. The van der Waals surface area contributed by atoms with Crippen LogP contribution in [0.4, 0.5) is 0 Å². The van der Waals surface area contributed by atoms with Crippen molar-refractivity contribution < 1.29 is 5.11 Å². The van der Waals surface area contributed by atoms with Crippen molar-refractivity contribution in [3.63, 3.8) is 0 Å². The molecule has 0 bridgehead atoms. The van der Waals surface area contributed by atoms with Crippen LogP contribution < -0.4 is 0 Å². The van der Waals surface area contributed by atoms with Crippen LogP contribution in [0.2, 0.25) is 0 Å². The lowest BCUT2D eigenvalue weighted by Gasteiger charge is -2.28. The summed E-state index contributed by atoms with van der Waals surface area (Å²) in [6.45, 7) is 22.2.